The van der Waals surface area contributed by atoms with Crippen LogP contribution in [0.1, 0.15) is 10.5 Å². The predicted molar refractivity (Wildman–Crippen MR) is 112 cm³/mol. The Morgan fingerprint density at radius 3 is 2.70 bits per heavy atom. The molecule has 7 nitrogen and oxygen atoms in total. The van der Waals surface area contributed by atoms with Crippen molar-refractivity contribution in [3.05, 3.63) is 78.6 Å². The number of hydrogen-bond acceptors (Lipinski definition) is 5. The van der Waals surface area contributed by atoms with Crippen molar-refractivity contribution in [2.45, 2.75) is 0 Å². The second-order valence-electron chi connectivity index (χ2n) is 6.72. The Bertz CT molecular complexity index is 1360. The Morgan fingerprint density at radius 2 is 1.90 bits per heavy atom. The van der Waals surface area contributed by atoms with Crippen molar-refractivity contribution in [2.75, 3.05) is 5.32 Å². The number of anilines is 2. The zero-order valence-electron chi connectivity index (χ0n) is 15.6. The largest absolute Gasteiger partial charge is 0.352 e. The van der Waals surface area contributed by atoms with Gasteiger partial charge in [0, 0.05) is 34.4 Å². The summed E-state index contributed by atoms with van der Waals surface area (Å²) in [6.07, 6.45) is 5.72. The van der Waals surface area contributed by atoms with Gasteiger partial charge in [0.1, 0.15) is 11.6 Å². The molecule has 0 amide bonds. The standard InChI is InChI=1S/C22H15FN6O/c23-18-8-13(16-10-25-26-11-16)3-4-19(18)28-21-5-6-24-22(29-21)15-2-1-14-7-17(12-30)27-20(14)9-15/h1-12,27H,(H,25,26)(H,24,28,29). The zero-order valence-corrected chi connectivity index (χ0v) is 15.6. The summed E-state index contributed by atoms with van der Waals surface area (Å²) in [6.45, 7) is 0. The van der Waals surface area contributed by atoms with Crippen LogP contribution in [0.5, 0.6) is 0 Å². The van der Waals surface area contributed by atoms with Gasteiger partial charge in [0.25, 0.3) is 0 Å². The Balaban J connectivity index is 1.43. The number of aldehydes is 1. The summed E-state index contributed by atoms with van der Waals surface area (Å²) in [6, 6.07) is 14.0. The lowest BCUT2D eigenvalue weighted by Crippen LogP contribution is -1.99. The molecule has 0 bridgehead atoms. The highest BCUT2D eigenvalue weighted by atomic mass is 19.1. The van der Waals surface area contributed by atoms with Crippen LogP contribution in [0.4, 0.5) is 15.9 Å². The zero-order chi connectivity index (χ0) is 20.5. The van der Waals surface area contributed by atoms with Gasteiger partial charge in [0.05, 0.1) is 17.6 Å². The van der Waals surface area contributed by atoms with Gasteiger partial charge in [-0.15, -0.1) is 0 Å². The van der Waals surface area contributed by atoms with E-state index in [4.69, 9.17) is 0 Å². The molecule has 0 radical (unpaired) electrons. The maximum atomic E-state index is 14.6. The summed E-state index contributed by atoms with van der Waals surface area (Å²) in [5.74, 6) is 0.553. The summed E-state index contributed by atoms with van der Waals surface area (Å²) < 4.78 is 14.6. The minimum atomic E-state index is -0.400. The third-order valence-corrected chi connectivity index (χ3v) is 4.75. The van der Waals surface area contributed by atoms with E-state index in [1.54, 1.807) is 36.8 Å². The Morgan fingerprint density at radius 1 is 1.00 bits per heavy atom. The van der Waals surface area contributed by atoms with E-state index in [2.05, 4.69) is 30.5 Å². The molecule has 0 saturated heterocycles. The van der Waals surface area contributed by atoms with E-state index >= 15 is 0 Å². The van der Waals surface area contributed by atoms with Crippen LogP contribution in [0, 0.1) is 5.82 Å². The summed E-state index contributed by atoms with van der Waals surface area (Å²) >= 11 is 0. The van der Waals surface area contributed by atoms with Gasteiger partial charge in [-0.05, 0) is 35.9 Å². The average molecular weight is 398 g/mol. The molecule has 5 rings (SSSR count). The maximum Gasteiger partial charge on any atom is 0.166 e. The molecule has 0 aliphatic carbocycles. The van der Waals surface area contributed by atoms with Gasteiger partial charge in [-0.3, -0.25) is 9.89 Å². The summed E-state index contributed by atoms with van der Waals surface area (Å²) in [5.41, 5.74) is 3.94. The number of aromatic nitrogens is 5. The lowest BCUT2D eigenvalue weighted by Gasteiger charge is -2.09. The molecule has 146 valence electrons. The first-order valence-corrected chi connectivity index (χ1v) is 9.17. The predicted octanol–water partition coefficient (Wildman–Crippen LogP) is 4.71. The number of nitrogens with zero attached hydrogens (tertiary/aromatic N) is 3. The number of carbonyl (C=O) groups excluding carboxylic acids is 1. The average Bonchev–Trinajstić information content (AvgIpc) is 3.44. The molecular formula is C22H15FN6O. The van der Waals surface area contributed by atoms with Crippen molar-refractivity contribution in [3.63, 3.8) is 0 Å². The Hall–Kier alpha value is -4.33. The second-order valence-corrected chi connectivity index (χ2v) is 6.72. The number of fused-ring (bicyclic) bond motifs is 1. The van der Waals surface area contributed by atoms with Crippen LogP contribution in [0.25, 0.3) is 33.4 Å². The topological polar surface area (TPSA) is 99.3 Å². The molecule has 3 N–H and O–H groups in total. The lowest BCUT2D eigenvalue weighted by molar-refractivity contribution is 0.112. The summed E-state index contributed by atoms with van der Waals surface area (Å²) in [4.78, 5) is 22.8. The van der Waals surface area contributed by atoms with E-state index in [1.807, 2.05) is 24.3 Å². The van der Waals surface area contributed by atoms with Crippen molar-refractivity contribution in [3.8, 4) is 22.5 Å². The molecule has 0 aliphatic heterocycles. The van der Waals surface area contributed by atoms with Gasteiger partial charge in [-0.2, -0.15) is 5.10 Å². The molecule has 3 aromatic heterocycles. The van der Waals surface area contributed by atoms with Crippen molar-refractivity contribution >= 4 is 28.7 Å². The molecule has 3 heterocycles. The van der Waals surface area contributed by atoms with E-state index in [0.717, 1.165) is 33.9 Å². The number of hydrogen-bond donors (Lipinski definition) is 3. The SMILES string of the molecule is O=Cc1cc2ccc(-c3nccc(Nc4ccc(-c5cn[nH]c5)cc4F)n3)cc2[nH]1. The third kappa shape index (κ3) is 3.30. The number of halogens is 1. The summed E-state index contributed by atoms with van der Waals surface area (Å²) in [7, 11) is 0. The van der Waals surface area contributed by atoms with Gasteiger partial charge in [0.2, 0.25) is 0 Å². The van der Waals surface area contributed by atoms with E-state index in [-0.39, 0.29) is 0 Å². The van der Waals surface area contributed by atoms with Crippen LogP contribution < -0.4 is 5.32 Å². The number of benzene rings is 2. The van der Waals surface area contributed by atoms with Crippen LogP contribution in [-0.4, -0.2) is 31.4 Å². The van der Waals surface area contributed by atoms with Gasteiger partial charge in [-0.25, -0.2) is 14.4 Å². The van der Waals surface area contributed by atoms with Gasteiger partial charge >= 0.3 is 0 Å². The highest BCUT2D eigenvalue weighted by Crippen LogP contribution is 2.27. The number of rotatable bonds is 5. The first kappa shape index (κ1) is 17.7. The highest BCUT2D eigenvalue weighted by molar-refractivity contribution is 5.90. The Labute approximate surface area is 170 Å². The molecule has 0 unspecified atom stereocenters. The van der Waals surface area contributed by atoms with Crippen molar-refractivity contribution in [1.29, 1.82) is 0 Å². The minimum Gasteiger partial charge on any atom is -0.352 e. The molecule has 5 aromatic rings. The van der Waals surface area contributed by atoms with Crippen LogP contribution >= 0.6 is 0 Å². The van der Waals surface area contributed by atoms with Crippen molar-refractivity contribution in [1.82, 2.24) is 25.1 Å². The van der Waals surface area contributed by atoms with Crippen molar-refractivity contribution in [2.24, 2.45) is 0 Å². The van der Waals surface area contributed by atoms with Gasteiger partial charge in [0.15, 0.2) is 12.1 Å². The molecule has 0 atom stereocenters. The monoisotopic (exact) mass is 398 g/mol. The normalized spacial score (nSPS) is 11.0. The van der Waals surface area contributed by atoms with Crippen LogP contribution in [-0.2, 0) is 0 Å². The molecule has 8 heteroatoms. The van der Waals surface area contributed by atoms with E-state index in [0.29, 0.717) is 23.0 Å². The lowest BCUT2D eigenvalue weighted by atomic mass is 10.1. The second kappa shape index (κ2) is 7.25. The first-order valence-electron chi connectivity index (χ1n) is 9.17. The number of aromatic amines is 2. The minimum absolute atomic E-state index is 0.308. The first-order chi connectivity index (χ1) is 14.7. The summed E-state index contributed by atoms with van der Waals surface area (Å²) in [5, 5.41) is 10.5. The van der Waals surface area contributed by atoms with Crippen LogP contribution in [0.2, 0.25) is 0 Å². The molecule has 30 heavy (non-hydrogen) atoms. The van der Waals surface area contributed by atoms with E-state index in [9.17, 15) is 9.18 Å². The maximum absolute atomic E-state index is 14.6. The molecule has 0 saturated carbocycles. The fourth-order valence-corrected chi connectivity index (χ4v) is 3.26. The van der Waals surface area contributed by atoms with Gasteiger partial charge in [-0.1, -0.05) is 18.2 Å². The fraction of sp³-hybridized carbons (Fsp3) is 0. The van der Waals surface area contributed by atoms with E-state index in [1.165, 1.54) is 6.07 Å². The number of carbonyl (C=O) groups is 1. The van der Waals surface area contributed by atoms with E-state index < -0.39 is 5.82 Å². The van der Waals surface area contributed by atoms with Crippen LogP contribution in [0.3, 0.4) is 0 Å². The molecule has 0 fully saturated rings. The Kier molecular flexibility index (Phi) is 4.29. The molecule has 2 aromatic carbocycles. The van der Waals surface area contributed by atoms with Gasteiger partial charge < -0.3 is 10.3 Å². The fourth-order valence-electron chi connectivity index (χ4n) is 3.26. The molecular weight excluding hydrogens is 383 g/mol. The highest BCUT2D eigenvalue weighted by Gasteiger charge is 2.09. The number of nitrogens with one attached hydrogen (secondary N) is 3. The van der Waals surface area contributed by atoms with Crippen molar-refractivity contribution < 1.29 is 9.18 Å². The van der Waals surface area contributed by atoms with Crippen LogP contribution in [0.15, 0.2) is 67.1 Å². The molecule has 0 spiro atoms. The third-order valence-electron chi connectivity index (χ3n) is 4.75. The smallest absolute Gasteiger partial charge is 0.166 e. The molecule has 0 aliphatic rings. The quantitative estimate of drug-likeness (QED) is 0.372. The number of H-pyrrole nitrogens is 2.